The second-order valence-electron chi connectivity index (χ2n) is 2.77. The van der Waals surface area contributed by atoms with E-state index in [9.17, 15) is 0 Å². The number of hydrogen-bond acceptors (Lipinski definition) is 2. The molecule has 0 aliphatic carbocycles. The van der Waals surface area contributed by atoms with Gasteiger partial charge in [-0.05, 0) is 24.2 Å². The van der Waals surface area contributed by atoms with Gasteiger partial charge in [-0.15, -0.1) is 0 Å². The van der Waals surface area contributed by atoms with Crippen LogP contribution in [0.25, 0.3) is 0 Å². The van der Waals surface area contributed by atoms with Crippen molar-refractivity contribution in [3.63, 3.8) is 0 Å². The second-order valence-corrected chi connectivity index (χ2v) is 3.19. The predicted octanol–water partition coefficient (Wildman–Crippen LogP) is 2.70. The number of benzene rings is 1. The third kappa shape index (κ3) is 9.78. The molecule has 0 heterocycles. The molecule has 0 aliphatic rings. The van der Waals surface area contributed by atoms with Crippen LogP contribution in [0.1, 0.15) is 33.3 Å². The van der Waals surface area contributed by atoms with Gasteiger partial charge in [0.25, 0.3) is 0 Å². The molecule has 4 N–H and O–H groups in total. The molecule has 0 spiro atoms. The molecule has 0 fully saturated rings. The lowest BCUT2D eigenvalue weighted by Gasteiger charge is -2.15. The largest absolute Gasteiger partial charge is 0.375 e. The summed E-state index contributed by atoms with van der Waals surface area (Å²) < 4.78 is 0. The standard InChI is InChI=1S/C9H13N3S.2C2H6/c10-9(13)12(11)7-6-8-4-2-1-3-5-8;2*1-2/h1-5H,6-7,11H2,(H2,10,13);2*1-2H3. The van der Waals surface area contributed by atoms with E-state index in [-0.39, 0.29) is 5.11 Å². The molecular formula is C13H25N3S. The summed E-state index contributed by atoms with van der Waals surface area (Å²) in [7, 11) is 0. The van der Waals surface area contributed by atoms with Gasteiger partial charge >= 0.3 is 0 Å². The van der Waals surface area contributed by atoms with Crippen LogP contribution in [0, 0.1) is 0 Å². The zero-order valence-electron chi connectivity index (χ0n) is 11.3. The van der Waals surface area contributed by atoms with Crippen molar-refractivity contribution in [1.82, 2.24) is 5.01 Å². The van der Waals surface area contributed by atoms with Gasteiger partial charge in [0.1, 0.15) is 0 Å². The van der Waals surface area contributed by atoms with Gasteiger partial charge in [0.05, 0.1) is 0 Å². The van der Waals surface area contributed by atoms with Crippen molar-refractivity contribution in [2.75, 3.05) is 6.54 Å². The highest BCUT2D eigenvalue weighted by atomic mass is 32.1. The van der Waals surface area contributed by atoms with Gasteiger partial charge < -0.3 is 5.73 Å². The topological polar surface area (TPSA) is 55.3 Å². The van der Waals surface area contributed by atoms with E-state index >= 15 is 0 Å². The number of hydrogen-bond donors (Lipinski definition) is 2. The summed E-state index contributed by atoms with van der Waals surface area (Å²) in [5.41, 5.74) is 6.56. The first-order chi connectivity index (χ1) is 8.20. The predicted molar refractivity (Wildman–Crippen MR) is 80.5 cm³/mol. The highest BCUT2D eigenvalue weighted by molar-refractivity contribution is 7.80. The molecule has 0 unspecified atom stereocenters. The summed E-state index contributed by atoms with van der Waals surface area (Å²) in [6, 6.07) is 10.1. The van der Waals surface area contributed by atoms with E-state index in [1.54, 1.807) is 0 Å². The van der Waals surface area contributed by atoms with Gasteiger partial charge in [-0.3, -0.25) is 5.01 Å². The fraction of sp³-hybridized carbons (Fsp3) is 0.462. The highest BCUT2D eigenvalue weighted by Crippen LogP contribution is 1.99. The molecule has 0 atom stereocenters. The first kappa shape index (κ1) is 18.2. The van der Waals surface area contributed by atoms with Crippen LogP contribution in [0.4, 0.5) is 0 Å². The van der Waals surface area contributed by atoms with E-state index in [0.717, 1.165) is 6.42 Å². The van der Waals surface area contributed by atoms with Crippen LogP contribution < -0.4 is 11.6 Å². The van der Waals surface area contributed by atoms with Crippen LogP contribution in [-0.4, -0.2) is 16.7 Å². The smallest absolute Gasteiger partial charge is 0.180 e. The van der Waals surface area contributed by atoms with E-state index in [2.05, 4.69) is 0 Å². The zero-order valence-corrected chi connectivity index (χ0v) is 12.1. The van der Waals surface area contributed by atoms with E-state index in [1.165, 1.54) is 10.6 Å². The van der Waals surface area contributed by atoms with E-state index < -0.39 is 0 Å². The van der Waals surface area contributed by atoms with Gasteiger partial charge in [0, 0.05) is 6.54 Å². The Kier molecular flexibility index (Phi) is 13.9. The van der Waals surface area contributed by atoms with Gasteiger partial charge in [0.15, 0.2) is 5.11 Å². The van der Waals surface area contributed by atoms with Crippen molar-refractivity contribution in [2.45, 2.75) is 34.1 Å². The lowest BCUT2D eigenvalue weighted by Crippen LogP contribution is -2.42. The van der Waals surface area contributed by atoms with Gasteiger partial charge in [-0.25, -0.2) is 5.84 Å². The average Bonchev–Trinajstić information content (AvgIpc) is 2.41. The lowest BCUT2D eigenvalue weighted by molar-refractivity contribution is 0.447. The average molecular weight is 255 g/mol. The number of nitrogens with zero attached hydrogens (tertiary/aromatic N) is 1. The van der Waals surface area contributed by atoms with Crippen LogP contribution in [0.5, 0.6) is 0 Å². The Morgan fingerprint density at radius 1 is 1.12 bits per heavy atom. The number of hydrazine groups is 1. The maximum Gasteiger partial charge on any atom is 0.180 e. The first-order valence-corrected chi connectivity index (χ1v) is 6.46. The van der Waals surface area contributed by atoms with E-state index in [0.29, 0.717) is 6.54 Å². The molecule has 0 radical (unpaired) electrons. The van der Waals surface area contributed by atoms with Crippen molar-refractivity contribution in [1.29, 1.82) is 0 Å². The minimum absolute atomic E-state index is 0.232. The van der Waals surface area contributed by atoms with Crippen LogP contribution >= 0.6 is 12.2 Å². The van der Waals surface area contributed by atoms with Crippen LogP contribution in [0.15, 0.2) is 30.3 Å². The third-order valence-corrected chi connectivity index (χ3v) is 2.00. The Morgan fingerprint density at radius 2 is 1.59 bits per heavy atom. The summed E-state index contributed by atoms with van der Waals surface area (Å²) in [6.45, 7) is 8.65. The Morgan fingerprint density at radius 3 is 2.00 bits per heavy atom. The molecule has 17 heavy (non-hydrogen) atoms. The second kappa shape index (κ2) is 12.9. The Balaban J connectivity index is 0. The SMILES string of the molecule is CC.CC.NC(=S)N(N)CCc1ccccc1. The molecule has 4 heteroatoms. The van der Waals surface area contributed by atoms with Crippen LogP contribution in [0.3, 0.4) is 0 Å². The Labute approximate surface area is 111 Å². The van der Waals surface area contributed by atoms with E-state index in [4.69, 9.17) is 23.8 Å². The maximum absolute atomic E-state index is 5.53. The minimum atomic E-state index is 0.232. The molecule has 0 amide bonds. The Bertz CT molecular complexity index is 275. The molecule has 0 saturated carbocycles. The summed E-state index contributed by atoms with van der Waals surface area (Å²) in [4.78, 5) is 0. The molecule has 1 aromatic carbocycles. The normalized spacial score (nSPS) is 8.06. The van der Waals surface area contributed by atoms with Crippen LogP contribution in [0.2, 0.25) is 0 Å². The first-order valence-electron chi connectivity index (χ1n) is 6.06. The molecule has 0 aromatic heterocycles. The minimum Gasteiger partial charge on any atom is -0.375 e. The lowest BCUT2D eigenvalue weighted by atomic mass is 10.1. The molecule has 0 saturated heterocycles. The van der Waals surface area contributed by atoms with Crippen molar-refractivity contribution in [3.05, 3.63) is 35.9 Å². The van der Waals surface area contributed by atoms with Gasteiger partial charge in [-0.2, -0.15) is 0 Å². The molecule has 1 rings (SSSR count). The number of nitrogens with two attached hydrogens (primary N) is 2. The molecular weight excluding hydrogens is 230 g/mol. The van der Waals surface area contributed by atoms with Crippen molar-refractivity contribution >= 4 is 17.3 Å². The summed E-state index contributed by atoms with van der Waals surface area (Å²) in [5, 5.41) is 1.61. The monoisotopic (exact) mass is 255 g/mol. The van der Waals surface area contributed by atoms with Crippen molar-refractivity contribution < 1.29 is 0 Å². The third-order valence-electron chi connectivity index (χ3n) is 1.77. The fourth-order valence-corrected chi connectivity index (χ4v) is 1.10. The molecule has 0 aliphatic heterocycles. The quantitative estimate of drug-likeness (QED) is 0.495. The summed E-state index contributed by atoms with van der Waals surface area (Å²) >= 11 is 4.71. The molecule has 98 valence electrons. The molecule has 0 bridgehead atoms. The number of thiocarbonyl (C=S) groups is 1. The molecule has 1 aromatic rings. The van der Waals surface area contributed by atoms with Crippen molar-refractivity contribution in [2.24, 2.45) is 11.6 Å². The fourth-order valence-electron chi connectivity index (χ4n) is 1.00. The zero-order chi connectivity index (χ0) is 13.7. The van der Waals surface area contributed by atoms with Crippen LogP contribution in [-0.2, 0) is 6.42 Å². The highest BCUT2D eigenvalue weighted by Gasteiger charge is 1.99. The van der Waals surface area contributed by atoms with E-state index in [1.807, 2.05) is 58.0 Å². The summed E-state index contributed by atoms with van der Waals surface area (Å²) in [5.74, 6) is 5.53. The summed E-state index contributed by atoms with van der Waals surface area (Å²) in [6.07, 6.45) is 0.856. The van der Waals surface area contributed by atoms with Crippen molar-refractivity contribution in [3.8, 4) is 0 Å². The maximum atomic E-state index is 5.53. The Hall–Kier alpha value is -1.13. The molecule has 3 nitrogen and oxygen atoms in total. The van der Waals surface area contributed by atoms with Gasteiger partial charge in [-0.1, -0.05) is 58.0 Å². The van der Waals surface area contributed by atoms with Gasteiger partial charge in [0.2, 0.25) is 0 Å². The number of rotatable bonds is 3.